The molecule has 1 unspecified atom stereocenters. The van der Waals surface area contributed by atoms with Gasteiger partial charge in [-0.2, -0.15) is 0 Å². The van der Waals surface area contributed by atoms with Crippen molar-refractivity contribution in [2.45, 2.75) is 26.2 Å². The lowest BCUT2D eigenvalue weighted by Gasteiger charge is -2.28. The van der Waals surface area contributed by atoms with Crippen molar-refractivity contribution in [2.75, 3.05) is 0 Å². The molecule has 0 spiro atoms. The van der Waals surface area contributed by atoms with Crippen LogP contribution in [0.4, 0.5) is 0 Å². The third-order valence-corrected chi connectivity index (χ3v) is 4.93. The van der Waals surface area contributed by atoms with Gasteiger partial charge in [-0.05, 0) is 46.7 Å². The van der Waals surface area contributed by atoms with Crippen LogP contribution in [0.5, 0.6) is 0 Å². The molecule has 0 aromatic heterocycles. The van der Waals surface area contributed by atoms with E-state index >= 15 is 0 Å². The van der Waals surface area contributed by atoms with Crippen LogP contribution in [-0.4, -0.2) is 0 Å². The van der Waals surface area contributed by atoms with Crippen LogP contribution in [0.1, 0.15) is 42.9 Å². The second-order valence-corrected chi connectivity index (χ2v) is 6.68. The van der Waals surface area contributed by atoms with Crippen LogP contribution in [-0.2, 0) is 0 Å². The lowest BCUT2D eigenvalue weighted by atomic mass is 9.77. The van der Waals surface area contributed by atoms with E-state index in [9.17, 15) is 0 Å². The number of hydrogen-bond acceptors (Lipinski definition) is 0. The first-order valence-electron chi connectivity index (χ1n) is 7.32. The first-order valence-corrected chi connectivity index (χ1v) is 8.08. The zero-order chi connectivity index (χ0) is 15.0. The molecule has 0 aliphatic heterocycles. The zero-order valence-corrected chi connectivity index (χ0v) is 13.7. The van der Waals surface area contributed by atoms with Gasteiger partial charge >= 0.3 is 0 Å². The molecule has 1 atom stereocenters. The van der Waals surface area contributed by atoms with E-state index in [1.807, 2.05) is 12.1 Å². The van der Waals surface area contributed by atoms with Gasteiger partial charge in [-0.3, -0.25) is 0 Å². The average Bonchev–Trinajstić information content (AvgIpc) is 2.49. The summed E-state index contributed by atoms with van der Waals surface area (Å²) in [6, 6.07) is 14.7. The van der Waals surface area contributed by atoms with Crippen LogP contribution in [0.25, 0.3) is 5.57 Å². The molecule has 1 aliphatic rings. The van der Waals surface area contributed by atoms with Crippen molar-refractivity contribution in [3.63, 3.8) is 0 Å². The molecule has 0 saturated heterocycles. The second kappa shape index (κ2) is 5.87. The number of fused-ring (bicyclic) bond motifs is 1. The fourth-order valence-electron chi connectivity index (χ4n) is 3.14. The van der Waals surface area contributed by atoms with Gasteiger partial charge in [0.15, 0.2) is 0 Å². The second-order valence-electron chi connectivity index (χ2n) is 5.86. The minimum Gasteiger partial charge on any atom is -0.0827 e. The first-order chi connectivity index (χ1) is 10.1. The molecule has 0 N–H and O–H groups in total. The standard InChI is InChI=1S/C19H18Cl2/c1-12(2)14-8-9-15(17-6-4-3-5-16(14)17)13-7-10-18(20)19(21)11-13/h3-8,10-12,15H,9H2,1-2H3. The molecule has 0 fully saturated rings. The van der Waals surface area contributed by atoms with Crippen molar-refractivity contribution in [2.24, 2.45) is 5.92 Å². The quantitative estimate of drug-likeness (QED) is 0.587. The molecule has 1 aliphatic carbocycles. The Balaban J connectivity index is 2.08. The number of hydrogen-bond donors (Lipinski definition) is 0. The Hall–Kier alpha value is -1.24. The molecule has 21 heavy (non-hydrogen) atoms. The summed E-state index contributed by atoms with van der Waals surface area (Å²) in [7, 11) is 0. The molecule has 2 aromatic carbocycles. The highest BCUT2D eigenvalue weighted by Crippen LogP contribution is 2.41. The monoisotopic (exact) mass is 316 g/mol. The van der Waals surface area contributed by atoms with Gasteiger partial charge in [0.05, 0.1) is 10.0 Å². The Kier molecular flexibility index (Phi) is 4.10. The van der Waals surface area contributed by atoms with E-state index in [2.05, 4.69) is 50.3 Å². The van der Waals surface area contributed by atoms with Crippen LogP contribution in [0.15, 0.2) is 48.5 Å². The molecule has 0 nitrogen and oxygen atoms in total. The van der Waals surface area contributed by atoms with Gasteiger partial charge in [-0.1, -0.05) is 73.5 Å². The largest absolute Gasteiger partial charge is 0.0827 e. The Morgan fingerprint density at radius 2 is 1.76 bits per heavy atom. The Morgan fingerprint density at radius 3 is 2.48 bits per heavy atom. The van der Waals surface area contributed by atoms with Gasteiger partial charge in [-0.25, -0.2) is 0 Å². The third-order valence-electron chi connectivity index (χ3n) is 4.19. The van der Waals surface area contributed by atoms with E-state index in [0.717, 1.165) is 6.42 Å². The van der Waals surface area contributed by atoms with Gasteiger partial charge in [0.2, 0.25) is 0 Å². The molecule has 0 saturated carbocycles. The van der Waals surface area contributed by atoms with Crippen molar-refractivity contribution >= 4 is 28.8 Å². The number of benzene rings is 2. The molecule has 2 heteroatoms. The molecular weight excluding hydrogens is 299 g/mol. The molecule has 0 heterocycles. The lowest BCUT2D eigenvalue weighted by Crippen LogP contribution is -2.10. The summed E-state index contributed by atoms with van der Waals surface area (Å²) in [5, 5.41) is 1.24. The van der Waals surface area contributed by atoms with Crippen molar-refractivity contribution in [3.8, 4) is 0 Å². The van der Waals surface area contributed by atoms with E-state index in [1.165, 1.54) is 22.3 Å². The number of rotatable bonds is 2. The highest BCUT2D eigenvalue weighted by Gasteiger charge is 2.24. The summed E-state index contributed by atoms with van der Waals surface area (Å²) in [6.45, 7) is 4.50. The van der Waals surface area contributed by atoms with E-state index < -0.39 is 0 Å². The van der Waals surface area contributed by atoms with E-state index in [-0.39, 0.29) is 0 Å². The maximum atomic E-state index is 6.19. The molecule has 0 amide bonds. The van der Waals surface area contributed by atoms with E-state index in [0.29, 0.717) is 21.9 Å². The Morgan fingerprint density at radius 1 is 1.00 bits per heavy atom. The Labute approximate surface area is 136 Å². The highest BCUT2D eigenvalue weighted by molar-refractivity contribution is 6.42. The maximum Gasteiger partial charge on any atom is 0.0595 e. The molecule has 0 bridgehead atoms. The summed E-state index contributed by atoms with van der Waals surface area (Å²) in [5.74, 6) is 0.902. The highest BCUT2D eigenvalue weighted by atomic mass is 35.5. The summed E-state index contributed by atoms with van der Waals surface area (Å²) >= 11 is 12.2. The van der Waals surface area contributed by atoms with Crippen molar-refractivity contribution in [1.82, 2.24) is 0 Å². The fraction of sp³-hybridized carbons (Fsp3) is 0.263. The summed E-state index contributed by atoms with van der Waals surface area (Å²) in [4.78, 5) is 0. The first kappa shape index (κ1) is 14.7. The smallest absolute Gasteiger partial charge is 0.0595 e. The van der Waals surface area contributed by atoms with Gasteiger partial charge in [0.1, 0.15) is 0 Å². The molecule has 108 valence electrons. The van der Waals surface area contributed by atoms with E-state index in [1.54, 1.807) is 0 Å². The van der Waals surface area contributed by atoms with Crippen LogP contribution in [0.3, 0.4) is 0 Å². The summed E-state index contributed by atoms with van der Waals surface area (Å²) in [6.07, 6.45) is 3.39. The minimum atomic E-state index is 0.360. The van der Waals surface area contributed by atoms with Gasteiger partial charge in [0, 0.05) is 5.92 Å². The molecule has 3 rings (SSSR count). The van der Waals surface area contributed by atoms with Crippen LogP contribution in [0, 0.1) is 5.92 Å². The lowest BCUT2D eigenvalue weighted by molar-refractivity contribution is 0.776. The third kappa shape index (κ3) is 2.75. The maximum absolute atomic E-state index is 6.19. The molecular formula is C19H18Cl2. The zero-order valence-electron chi connectivity index (χ0n) is 12.2. The number of allylic oxidation sites excluding steroid dienone is 2. The minimum absolute atomic E-state index is 0.360. The van der Waals surface area contributed by atoms with Crippen molar-refractivity contribution in [1.29, 1.82) is 0 Å². The van der Waals surface area contributed by atoms with Gasteiger partial charge in [0.25, 0.3) is 0 Å². The Bertz CT molecular complexity index is 698. The molecule has 0 radical (unpaired) electrons. The predicted octanol–water partition coefficient (Wildman–Crippen LogP) is 6.57. The topological polar surface area (TPSA) is 0 Å². The van der Waals surface area contributed by atoms with E-state index in [4.69, 9.17) is 23.2 Å². The van der Waals surface area contributed by atoms with Crippen molar-refractivity contribution < 1.29 is 0 Å². The van der Waals surface area contributed by atoms with Crippen LogP contribution < -0.4 is 0 Å². The SMILES string of the molecule is CC(C)C1=CCC(c2ccc(Cl)c(Cl)c2)c2ccccc21. The summed E-state index contributed by atoms with van der Waals surface area (Å²) in [5.41, 5.74) is 5.44. The average molecular weight is 317 g/mol. The van der Waals surface area contributed by atoms with Gasteiger partial charge in [-0.15, -0.1) is 0 Å². The van der Waals surface area contributed by atoms with Crippen LogP contribution in [0.2, 0.25) is 10.0 Å². The summed E-state index contributed by atoms with van der Waals surface area (Å²) < 4.78 is 0. The normalized spacial score (nSPS) is 17.6. The van der Waals surface area contributed by atoms with Gasteiger partial charge < -0.3 is 0 Å². The fourth-order valence-corrected chi connectivity index (χ4v) is 3.44. The van der Waals surface area contributed by atoms with Crippen LogP contribution >= 0.6 is 23.2 Å². The number of halogens is 2. The predicted molar refractivity (Wildman–Crippen MR) is 92.2 cm³/mol. The van der Waals surface area contributed by atoms with Crippen molar-refractivity contribution in [3.05, 3.63) is 75.3 Å². The molecule has 2 aromatic rings.